The molecule has 1 aliphatic heterocycles. The van der Waals surface area contributed by atoms with Crippen molar-refractivity contribution < 1.29 is 4.79 Å². The van der Waals surface area contributed by atoms with E-state index in [0.29, 0.717) is 22.0 Å². The zero-order valence-corrected chi connectivity index (χ0v) is 16.2. The first-order chi connectivity index (χ1) is 13.1. The Balaban J connectivity index is 1.89. The van der Waals surface area contributed by atoms with Crippen molar-refractivity contribution in [1.82, 2.24) is 0 Å². The topological polar surface area (TPSA) is 46.3 Å². The van der Waals surface area contributed by atoms with Gasteiger partial charge in [-0.05, 0) is 54.3 Å². The minimum atomic E-state index is -0.105. The van der Waals surface area contributed by atoms with E-state index in [4.69, 9.17) is 17.3 Å². The summed E-state index contributed by atoms with van der Waals surface area (Å²) >= 11 is 7.87. The number of rotatable bonds is 3. The van der Waals surface area contributed by atoms with E-state index in [9.17, 15) is 4.79 Å². The van der Waals surface area contributed by atoms with Gasteiger partial charge in [-0.25, -0.2) is 0 Å². The van der Waals surface area contributed by atoms with Crippen LogP contribution < -0.4 is 10.6 Å². The third kappa shape index (κ3) is 3.22. The van der Waals surface area contributed by atoms with Gasteiger partial charge in [0.2, 0.25) is 0 Å². The van der Waals surface area contributed by atoms with E-state index in [1.54, 1.807) is 34.9 Å². The van der Waals surface area contributed by atoms with Crippen LogP contribution in [-0.4, -0.2) is 12.2 Å². The predicted octanol–water partition coefficient (Wildman–Crippen LogP) is 5.80. The molecule has 5 heteroatoms. The summed E-state index contributed by atoms with van der Waals surface area (Å²) in [4.78, 5) is 16.0. The second-order valence-electron chi connectivity index (χ2n) is 6.19. The largest absolute Gasteiger partial charge is 0.397 e. The van der Waals surface area contributed by atoms with Gasteiger partial charge in [-0.2, -0.15) is 0 Å². The van der Waals surface area contributed by atoms with Gasteiger partial charge in [-0.15, -0.1) is 11.8 Å². The van der Waals surface area contributed by atoms with Gasteiger partial charge in [-0.3, -0.25) is 9.69 Å². The molecule has 0 aliphatic carbocycles. The molecule has 0 bridgehead atoms. The maximum atomic E-state index is 13.1. The number of nitrogens with zero attached hydrogens (tertiary/aromatic N) is 1. The van der Waals surface area contributed by atoms with Gasteiger partial charge in [0.25, 0.3) is 5.91 Å². The van der Waals surface area contributed by atoms with Gasteiger partial charge in [0.1, 0.15) is 0 Å². The van der Waals surface area contributed by atoms with Gasteiger partial charge >= 0.3 is 0 Å². The molecule has 0 aromatic heterocycles. The first-order valence-electron chi connectivity index (χ1n) is 8.43. The lowest BCUT2D eigenvalue weighted by Crippen LogP contribution is -2.23. The van der Waals surface area contributed by atoms with Gasteiger partial charge < -0.3 is 5.73 Å². The highest BCUT2D eigenvalue weighted by atomic mass is 35.5. The molecule has 0 spiro atoms. The number of thioether (sulfide) groups is 1. The van der Waals surface area contributed by atoms with Crippen LogP contribution in [0.15, 0.2) is 71.6 Å². The van der Waals surface area contributed by atoms with Crippen LogP contribution in [0.1, 0.15) is 21.5 Å². The second kappa shape index (κ2) is 7.14. The highest BCUT2D eigenvalue weighted by Gasteiger charge is 2.34. The van der Waals surface area contributed by atoms with Crippen molar-refractivity contribution in [2.45, 2.75) is 4.90 Å². The summed E-state index contributed by atoms with van der Waals surface area (Å²) in [6.07, 6.45) is 4.05. The maximum Gasteiger partial charge on any atom is 0.263 e. The number of halogens is 1. The molecule has 134 valence electrons. The van der Waals surface area contributed by atoms with Crippen molar-refractivity contribution in [3.05, 3.63) is 88.4 Å². The average Bonchev–Trinajstić information content (AvgIpc) is 2.96. The summed E-state index contributed by atoms with van der Waals surface area (Å²) in [5.41, 5.74) is 10.6. The van der Waals surface area contributed by atoms with Crippen molar-refractivity contribution in [3.8, 4) is 0 Å². The maximum absolute atomic E-state index is 13.1. The Bertz CT molecular complexity index is 1060. The molecular weight excluding hydrogens is 376 g/mol. The lowest BCUT2D eigenvalue weighted by molar-refractivity contribution is 0.101. The number of nitrogens with two attached hydrogens (primary N) is 1. The molecular formula is C22H17ClN2OS. The minimum absolute atomic E-state index is 0.105. The van der Waals surface area contributed by atoms with E-state index in [-0.39, 0.29) is 5.91 Å². The Kier molecular flexibility index (Phi) is 4.68. The third-order valence-electron chi connectivity index (χ3n) is 4.53. The molecule has 0 fully saturated rings. The summed E-state index contributed by atoms with van der Waals surface area (Å²) in [5.74, 6) is -0.105. The van der Waals surface area contributed by atoms with E-state index >= 15 is 0 Å². The predicted molar refractivity (Wildman–Crippen MR) is 115 cm³/mol. The zero-order valence-electron chi connectivity index (χ0n) is 14.6. The Labute approximate surface area is 167 Å². The fraction of sp³-hybridized carbons (Fsp3) is 0.0455. The number of carbonyl (C=O) groups is 1. The molecule has 0 saturated carbocycles. The summed E-state index contributed by atoms with van der Waals surface area (Å²) in [6.45, 7) is 0. The number of benzene rings is 3. The first kappa shape index (κ1) is 17.7. The van der Waals surface area contributed by atoms with Crippen molar-refractivity contribution in [3.63, 3.8) is 0 Å². The zero-order chi connectivity index (χ0) is 19.0. The molecule has 3 nitrogen and oxygen atoms in total. The summed E-state index contributed by atoms with van der Waals surface area (Å²) in [6, 6.07) is 21.0. The molecule has 0 radical (unpaired) electrons. The van der Waals surface area contributed by atoms with Crippen molar-refractivity contribution in [2.75, 3.05) is 16.9 Å². The Hall–Kier alpha value is -2.69. The Morgan fingerprint density at radius 3 is 2.41 bits per heavy atom. The van der Waals surface area contributed by atoms with Crippen LogP contribution in [0, 0.1) is 0 Å². The highest BCUT2D eigenvalue weighted by molar-refractivity contribution is 7.98. The number of hydrogen-bond acceptors (Lipinski definition) is 3. The summed E-state index contributed by atoms with van der Waals surface area (Å²) in [7, 11) is 0. The van der Waals surface area contributed by atoms with Crippen LogP contribution in [0.4, 0.5) is 11.4 Å². The number of nitrogen functional groups attached to an aromatic ring is 1. The van der Waals surface area contributed by atoms with Crippen LogP contribution >= 0.6 is 23.4 Å². The molecule has 1 amide bonds. The average molecular weight is 393 g/mol. The molecule has 4 rings (SSSR count). The van der Waals surface area contributed by atoms with Crippen LogP contribution in [-0.2, 0) is 0 Å². The molecule has 3 aromatic carbocycles. The minimum Gasteiger partial charge on any atom is -0.397 e. The van der Waals surface area contributed by atoms with E-state index in [1.807, 2.05) is 48.7 Å². The molecule has 0 saturated heterocycles. The standard InChI is InChI=1S/C22H17ClN2OS/c1-27-16-9-6-14(7-10-16)12-20-17-4-2-3-5-18(17)22(26)25(20)21-13-15(23)8-11-19(21)24/h2-13H,24H2,1H3/b20-12+. The first-order valence-corrected chi connectivity index (χ1v) is 10.0. The van der Waals surface area contributed by atoms with Crippen molar-refractivity contribution in [1.29, 1.82) is 0 Å². The van der Waals surface area contributed by atoms with Crippen molar-refractivity contribution in [2.24, 2.45) is 0 Å². The lowest BCUT2D eigenvalue weighted by Gasteiger charge is -2.21. The molecule has 27 heavy (non-hydrogen) atoms. The number of anilines is 2. The molecule has 2 N–H and O–H groups in total. The van der Waals surface area contributed by atoms with E-state index in [2.05, 4.69) is 12.1 Å². The van der Waals surface area contributed by atoms with Crippen LogP contribution in [0.2, 0.25) is 5.02 Å². The number of fused-ring (bicyclic) bond motifs is 1. The summed E-state index contributed by atoms with van der Waals surface area (Å²) < 4.78 is 0. The molecule has 1 aliphatic rings. The Morgan fingerprint density at radius 2 is 1.70 bits per heavy atom. The van der Waals surface area contributed by atoms with E-state index < -0.39 is 0 Å². The van der Waals surface area contributed by atoms with Crippen molar-refractivity contribution >= 4 is 52.4 Å². The van der Waals surface area contributed by atoms with E-state index in [1.165, 1.54) is 4.90 Å². The van der Waals surface area contributed by atoms with Crippen LogP contribution in [0.25, 0.3) is 11.8 Å². The smallest absolute Gasteiger partial charge is 0.263 e. The lowest BCUT2D eigenvalue weighted by atomic mass is 10.1. The van der Waals surface area contributed by atoms with Crippen LogP contribution in [0.3, 0.4) is 0 Å². The number of amides is 1. The fourth-order valence-corrected chi connectivity index (χ4v) is 3.77. The SMILES string of the molecule is CSc1ccc(/C=C2\c3ccccc3C(=O)N2c2cc(Cl)ccc2N)cc1. The Morgan fingerprint density at radius 1 is 1.00 bits per heavy atom. The molecule has 3 aromatic rings. The fourth-order valence-electron chi connectivity index (χ4n) is 3.19. The van der Waals surface area contributed by atoms with Gasteiger partial charge in [0, 0.05) is 21.0 Å². The second-order valence-corrected chi connectivity index (χ2v) is 7.51. The monoisotopic (exact) mass is 392 g/mol. The summed E-state index contributed by atoms with van der Waals surface area (Å²) in [5, 5.41) is 0.534. The van der Waals surface area contributed by atoms with E-state index in [0.717, 1.165) is 16.8 Å². The van der Waals surface area contributed by atoms with Crippen LogP contribution in [0.5, 0.6) is 0 Å². The molecule has 0 unspecified atom stereocenters. The number of carbonyl (C=O) groups excluding carboxylic acids is 1. The molecule has 0 atom stereocenters. The molecule has 1 heterocycles. The normalized spacial score (nSPS) is 14.7. The van der Waals surface area contributed by atoms with Gasteiger partial charge in [0.15, 0.2) is 0 Å². The quantitative estimate of drug-likeness (QED) is 0.452. The van der Waals surface area contributed by atoms with Gasteiger partial charge in [-0.1, -0.05) is 41.9 Å². The number of hydrogen-bond donors (Lipinski definition) is 1. The van der Waals surface area contributed by atoms with Gasteiger partial charge in [0.05, 0.1) is 17.1 Å². The third-order valence-corrected chi connectivity index (χ3v) is 5.51. The highest BCUT2D eigenvalue weighted by Crippen LogP contribution is 2.41.